The minimum absolute atomic E-state index is 0.516. The quantitative estimate of drug-likeness (QED) is 0.578. The molecule has 0 radical (unpaired) electrons. The first-order chi connectivity index (χ1) is 10.1. The van der Waals surface area contributed by atoms with Gasteiger partial charge < -0.3 is 5.32 Å². The van der Waals surface area contributed by atoms with Crippen LogP contribution >= 0.6 is 0 Å². The normalized spacial score (nSPS) is 13.1. The SMILES string of the molecule is CCCC(CCC)C(NCC)c1cccc(CC(C)C)c1. The maximum absolute atomic E-state index is 3.75. The lowest BCUT2D eigenvalue weighted by molar-refractivity contribution is 0.320. The lowest BCUT2D eigenvalue weighted by atomic mass is 9.85. The van der Waals surface area contributed by atoms with Crippen LogP contribution in [0, 0.1) is 11.8 Å². The molecule has 0 aliphatic heterocycles. The van der Waals surface area contributed by atoms with Gasteiger partial charge in [0, 0.05) is 6.04 Å². The molecule has 0 fully saturated rings. The smallest absolute Gasteiger partial charge is 0.0348 e. The van der Waals surface area contributed by atoms with Crippen LogP contribution in [-0.2, 0) is 6.42 Å². The number of nitrogens with one attached hydrogen (secondary N) is 1. The molecule has 0 aliphatic rings. The highest BCUT2D eigenvalue weighted by atomic mass is 14.9. The van der Waals surface area contributed by atoms with Crippen molar-refractivity contribution in [2.45, 2.75) is 72.8 Å². The van der Waals surface area contributed by atoms with Crippen LogP contribution in [0.4, 0.5) is 0 Å². The third-order valence-electron chi connectivity index (χ3n) is 4.17. The third kappa shape index (κ3) is 6.22. The molecule has 0 bridgehead atoms. The Bertz CT molecular complexity index is 377. The van der Waals surface area contributed by atoms with Gasteiger partial charge in [0.1, 0.15) is 0 Å². The highest BCUT2D eigenvalue weighted by Gasteiger charge is 2.21. The van der Waals surface area contributed by atoms with Crippen LogP contribution in [0.2, 0.25) is 0 Å². The van der Waals surface area contributed by atoms with Crippen molar-refractivity contribution >= 4 is 0 Å². The molecule has 1 unspecified atom stereocenters. The van der Waals surface area contributed by atoms with Crippen LogP contribution < -0.4 is 5.32 Å². The minimum atomic E-state index is 0.516. The lowest BCUT2D eigenvalue weighted by Gasteiger charge is -2.28. The predicted molar refractivity (Wildman–Crippen MR) is 94.7 cm³/mol. The molecule has 1 aromatic carbocycles. The molecule has 21 heavy (non-hydrogen) atoms. The molecule has 1 rings (SSSR count). The molecule has 0 heterocycles. The lowest BCUT2D eigenvalue weighted by Crippen LogP contribution is -2.28. The molecule has 1 nitrogen and oxygen atoms in total. The molecule has 1 atom stereocenters. The van der Waals surface area contributed by atoms with E-state index in [0.29, 0.717) is 6.04 Å². The van der Waals surface area contributed by atoms with Crippen molar-refractivity contribution in [2.24, 2.45) is 11.8 Å². The van der Waals surface area contributed by atoms with Gasteiger partial charge in [0.2, 0.25) is 0 Å². The molecule has 1 aromatic rings. The van der Waals surface area contributed by atoms with E-state index >= 15 is 0 Å². The van der Waals surface area contributed by atoms with E-state index < -0.39 is 0 Å². The van der Waals surface area contributed by atoms with E-state index in [0.717, 1.165) is 18.4 Å². The van der Waals surface area contributed by atoms with Gasteiger partial charge >= 0.3 is 0 Å². The molecule has 0 saturated carbocycles. The second-order valence-corrected chi connectivity index (χ2v) is 6.72. The summed E-state index contributed by atoms with van der Waals surface area (Å²) >= 11 is 0. The number of hydrogen-bond acceptors (Lipinski definition) is 1. The van der Waals surface area contributed by atoms with Gasteiger partial charge in [0.05, 0.1) is 0 Å². The fraction of sp³-hybridized carbons (Fsp3) is 0.700. The Morgan fingerprint density at radius 2 is 1.67 bits per heavy atom. The van der Waals surface area contributed by atoms with E-state index in [1.807, 2.05) is 0 Å². The van der Waals surface area contributed by atoms with Crippen LogP contribution in [0.1, 0.15) is 77.5 Å². The summed E-state index contributed by atoms with van der Waals surface area (Å²) in [7, 11) is 0. The van der Waals surface area contributed by atoms with Gasteiger partial charge in [-0.2, -0.15) is 0 Å². The molecule has 1 heteroatoms. The minimum Gasteiger partial charge on any atom is -0.310 e. The predicted octanol–water partition coefficient (Wildman–Crippen LogP) is 5.75. The van der Waals surface area contributed by atoms with E-state index in [1.54, 1.807) is 0 Å². The largest absolute Gasteiger partial charge is 0.310 e. The van der Waals surface area contributed by atoms with Crippen LogP contribution in [0.5, 0.6) is 0 Å². The zero-order valence-corrected chi connectivity index (χ0v) is 14.8. The molecule has 0 aromatic heterocycles. The number of benzene rings is 1. The molecule has 0 aliphatic carbocycles. The maximum Gasteiger partial charge on any atom is 0.0348 e. The van der Waals surface area contributed by atoms with Crippen LogP contribution in [0.25, 0.3) is 0 Å². The van der Waals surface area contributed by atoms with Gasteiger partial charge in [-0.05, 0) is 48.8 Å². The van der Waals surface area contributed by atoms with E-state index in [9.17, 15) is 0 Å². The van der Waals surface area contributed by atoms with Crippen molar-refractivity contribution < 1.29 is 0 Å². The molecule has 0 amide bonds. The summed E-state index contributed by atoms with van der Waals surface area (Å²) in [5.41, 5.74) is 2.97. The Balaban J connectivity index is 2.96. The van der Waals surface area contributed by atoms with Gasteiger partial charge in [-0.15, -0.1) is 0 Å². The Kier molecular flexibility index (Phi) is 8.68. The number of hydrogen-bond donors (Lipinski definition) is 1. The zero-order chi connectivity index (χ0) is 15.7. The van der Waals surface area contributed by atoms with Crippen LogP contribution in [-0.4, -0.2) is 6.54 Å². The molecule has 0 spiro atoms. The van der Waals surface area contributed by atoms with Crippen molar-refractivity contribution in [3.05, 3.63) is 35.4 Å². The van der Waals surface area contributed by atoms with E-state index in [2.05, 4.69) is 64.2 Å². The Labute approximate surface area is 132 Å². The topological polar surface area (TPSA) is 12.0 Å². The fourth-order valence-corrected chi connectivity index (χ4v) is 3.38. The molecular formula is C20H35N. The van der Waals surface area contributed by atoms with E-state index in [-0.39, 0.29) is 0 Å². The van der Waals surface area contributed by atoms with Crippen LogP contribution in [0.15, 0.2) is 24.3 Å². The van der Waals surface area contributed by atoms with Crippen molar-refractivity contribution in [3.8, 4) is 0 Å². The maximum atomic E-state index is 3.75. The average Bonchev–Trinajstić information content (AvgIpc) is 2.44. The second kappa shape index (κ2) is 10.00. The monoisotopic (exact) mass is 289 g/mol. The van der Waals surface area contributed by atoms with Gasteiger partial charge in [0.15, 0.2) is 0 Å². The van der Waals surface area contributed by atoms with Crippen molar-refractivity contribution in [1.82, 2.24) is 5.32 Å². The summed E-state index contributed by atoms with van der Waals surface area (Å²) < 4.78 is 0. The Morgan fingerprint density at radius 3 is 2.19 bits per heavy atom. The molecular weight excluding hydrogens is 254 g/mol. The Hall–Kier alpha value is -0.820. The highest BCUT2D eigenvalue weighted by Crippen LogP contribution is 2.30. The summed E-state index contributed by atoms with van der Waals surface area (Å²) in [4.78, 5) is 0. The summed E-state index contributed by atoms with van der Waals surface area (Å²) in [5, 5.41) is 3.75. The second-order valence-electron chi connectivity index (χ2n) is 6.72. The van der Waals surface area contributed by atoms with Crippen molar-refractivity contribution in [3.63, 3.8) is 0 Å². The first-order valence-corrected chi connectivity index (χ1v) is 8.94. The van der Waals surface area contributed by atoms with E-state index in [1.165, 1.54) is 43.2 Å². The average molecular weight is 290 g/mol. The van der Waals surface area contributed by atoms with Gasteiger partial charge in [-0.25, -0.2) is 0 Å². The van der Waals surface area contributed by atoms with Crippen molar-refractivity contribution in [1.29, 1.82) is 0 Å². The van der Waals surface area contributed by atoms with Crippen molar-refractivity contribution in [2.75, 3.05) is 6.54 Å². The Morgan fingerprint density at radius 1 is 1.00 bits per heavy atom. The fourth-order valence-electron chi connectivity index (χ4n) is 3.38. The summed E-state index contributed by atoms with van der Waals surface area (Å²) in [6, 6.07) is 9.79. The van der Waals surface area contributed by atoms with Gasteiger partial charge in [0.25, 0.3) is 0 Å². The number of rotatable bonds is 10. The van der Waals surface area contributed by atoms with E-state index in [4.69, 9.17) is 0 Å². The van der Waals surface area contributed by atoms with Gasteiger partial charge in [-0.3, -0.25) is 0 Å². The molecule has 0 saturated heterocycles. The summed E-state index contributed by atoms with van der Waals surface area (Å²) in [6.07, 6.45) is 6.37. The standard InChI is InChI=1S/C20H35N/c1-6-10-18(11-7-2)20(21-8-3)19-13-9-12-17(15-19)14-16(4)5/h9,12-13,15-16,18,20-21H,6-8,10-11,14H2,1-5H3. The zero-order valence-electron chi connectivity index (χ0n) is 14.8. The summed E-state index contributed by atoms with van der Waals surface area (Å²) in [5.74, 6) is 1.48. The first kappa shape index (κ1) is 18.2. The van der Waals surface area contributed by atoms with Crippen LogP contribution in [0.3, 0.4) is 0 Å². The first-order valence-electron chi connectivity index (χ1n) is 8.94. The van der Waals surface area contributed by atoms with Gasteiger partial charge in [-0.1, -0.05) is 71.7 Å². The highest BCUT2D eigenvalue weighted by molar-refractivity contribution is 5.27. The molecule has 120 valence electrons. The third-order valence-corrected chi connectivity index (χ3v) is 4.17. The molecule has 1 N–H and O–H groups in total. The summed E-state index contributed by atoms with van der Waals surface area (Å²) in [6.45, 7) is 12.5.